The van der Waals surface area contributed by atoms with Gasteiger partial charge in [0.1, 0.15) is 5.82 Å². The van der Waals surface area contributed by atoms with Gasteiger partial charge in [-0.05, 0) is 63.3 Å². The average molecular weight is 313 g/mol. The van der Waals surface area contributed by atoms with Gasteiger partial charge in [-0.2, -0.15) is 0 Å². The van der Waals surface area contributed by atoms with Crippen molar-refractivity contribution in [3.8, 4) is 0 Å². The highest BCUT2D eigenvalue weighted by atomic mass is 35.5. The zero-order chi connectivity index (χ0) is 15.4. The molecule has 0 saturated heterocycles. The van der Waals surface area contributed by atoms with Crippen LogP contribution in [-0.2, 0) is 0 Å². The molecule has 1 aliphatic carbocycles. The minimum atomic E-state index is -0.349. The summed E-state index contributed by atoms with van der Waals surface area (Å²) in [5.41, 5.74) is 7.10. The average Bonchev–Trinajstić information content (AvgIpc) is 2.48. The molecule has 1 aromatic carbocycles. The number of nitrogens with zero attached hydrogens (tertiary/aromatic N) is 1. The molecule has 1 aliphatic rings. The second-order valence-electron chi connectivity index (χ2n) is 6.16. The standard InChI is InChI=1S/C17H26ClFN2/c1-3-10-21(15-7-5-14(20)6-8-15)12(2)13-4-9-17(19)16(18)11-13/h4,9,11-12,14-15H,3,5-8,10,20H2,1-2H3. The Kier molecular flexibility index (Phi) is 6.03. The van der Waals surface area contributed by atoms with E-state index in [9.17, 15) is 4.39 Å². The minimum absolute atomic E-state index is 0.210. The van der Waals surface area contributed by atoms with Gasteiger partial charge in [0.15, 0.2) is 0 Å². The summed E-state index contributed by atoms with van der Waals surface area (Å²) >= 11 is 5.93. The van der Waals surface area contributed by atoms with Crippen LogP contribution >= 0.6 is 11.6 Å². The van der Waals surface area contributed by atoms with Crippen LogP contribution in [0.1, 0.15) is 57.6 Å². The van der Waals surface area contributed by atoms with Gasteiger partial charge in [-0.3, -0.25) is 4.90 Å². The van der Waals surface area contributed by atoms with E-state index in [2.05, 4.69) is 18.7 Å². The Hall–Kier alpha value is -0.640. The fraction of sp³-hybridized carbons (Fsp3) is 0.647. The minimum Gasteiger partial charge on any atom is -0.328 e. The van der Waals surface area contributed by atoms with Crippen molar-refractivity contribution in [1.29, 1.82) is 0 Å². The zero-order valence-electron chi connectivity index (χ0n) is 13.0. The normalized spacial score (nSPS) is 24.3. The molecule has 0 aromatic heterocycles. The van der Waals surface area contributed by atoms with Crippen molar-refractivity contribution in [2.45, 2.75) is 64.1 Å². The Morgan fingerprint density at radius 2 is 2.00 bits per heavy atom. The van der Waals surface area contributed by atoms with E-state index in [1.807, 2.05) is 6.07 Å². The highest BCUT2D eigenvalue weighted by Gasteiger charge is 2.27. The van der Waals surface area contributed by atoms with Crippen molar-refractivity contribution in [3.05, 3.63) is 34.6 Å². The number of benzene rings is 1. The van der Waals surface area contributed by atoms with Crippen LogP contribution in [0.25, 0.3) is 0 Å². The molecule has 118 valence electrons. The third-order valence-electron chi connectivity index (χ3n) is 4.62. The van der Waals surface area contributed by atoms with Crippen molar-refractivity contribution < 1.29 is 4.39 Å². The summed E-state index contributed by atoms with van der Waals surface area (Å²) in [4.78, 5) is 2.54. The summed E-state index contributed by atoms with van der Waals surface area (Å²) in [7, 11) is 0. The summed E-state index contributed by atoms with van der Waals surface area (Å²) in [6.07, 6.45) is 5.62. The summed E-state index contributed by atoms with van der Waals surface area (Å²) < 4.78 is 13.3. The summed E-state index contributed by atoms with van der Waals surface area (Å²) in [6, 6.07) is 6.27. The maximum atomic E-state index is 13.3. The van der Waals surface area contributed by atoms with E-state index >= 15 is 0 Å². The number of rotatable bonds is 5. The number of hydrogen-bond acceptors (Lipinski definition) is 2. The van der Waals surface area contributed by atoms with E-state index in [4.69, 9.17) is 17.3 Å². The maximum Gasteiger partial charge on any atom is 0.141 e. The van der Waals surface area contributed by atoms with Gasteiger partial charge in [-0.15, -0.1) is 0 Å². The lowest BCUT2D eigenvalue weighted by Gasteiger charge is -2.40. The SMILES string of the molecule is CCCN(C1CCC(N)CC1)C(C)c1ccc(F)c(Cl)c1. The quantitative estimate of drug-likeness (QED) is 0.866. The zero-order valence-corrected chi connectivity index (χ0v) is 13.7. The first-order valence-electron chi connectivity index (χ1n) is 7.99. The van der Waals surface area contributed by atoms with E-state index in [-0.39, 0.29) is 16.9 Å². The highest BCUT2D eigenvalue weighted by molar-refractivity contribution is 6.30. The Morgan fingerprint density at radius 3 is 2.57 bits per heavy atom. The van der Waals surface area contributed by atoms with Crippen LogP contribution in [0.5, 0.6) is 0 Å². The number of nitrogens with two attached hydrogens (primary N) is 1. The molecule has 1 aromatic rings. The monoisotopic (exact) mass is 312 g/mol. The molecular formula is C17H26ClFN2. The van der Waals surface area contributed by atoms with Gasteiger partial charge in [-0.25, -0.2) is 4.39 Å². The second-order valence-corrected chi connectivity index (χ2v) is 6.56. The van der Waals surface area contributed by atoms with Crippen molar-refractivity contribution in [1.82, 2.24) is 4.90 Å². The van der Waals surface area contributed by atoms with Crippen LogP contribution in [0.4, 0.5) is 4.39 Å². The van der Waals surface area contributed by atoms with Crippen LogP contribution < -0.4 is 5.73 Å². The Balaban J connectivity index is 2.14. The molecule has 2 N–H and O–H groups in total. The molecule has 0 bridgehead atoms. The first-order chi connectivity index (χ1) is 10.0. The highest BCUT2D eigenvalue weighted by Crippen LogP contribution is 2.31. The van der Waals surface area contributed by atoms with Crippen LogP contribution in [0.2, 0.25) is 5.02 Å². The molecule has 21 heavy (non-hydrogen) atoms. The third-order valence-corrected chi connectivity index (χ3v) is 4.91. The summed E-state index contributed by atoms with van der Waals surface area (Å²) in [5.74, 6) is -0.349. The van der Waals surface area contributed by atoms with Crippen LogP contribution in [0.3, 0.4) is 0 Å². The smallest absolute Gasteiger partial charge is 0.141 e. The summed E-state index contributed by atoms with van der Waals surface area (Å²) in [6.45, 7) is 5.44. The van der Waals surface area contributed by atoms with E-state index in [0.29, 0.717) is 12.1 Å². The molecule has 0 spiro atoms. The van der Waals surface area contributed by atoms with Gasteiger partial charge >= 0.3 is 0 Å². The van der Waals surface area contributed by atoms with Gasteiger partial charge in [0.05, 0.1) is 5.02 Å². The molecule has 1 saturated carbocycles. The lowest BCUT2D eigenvalue weighted by molar-refractivity contribution is 0.107. The van der Waals surface area contributed by atoms with Crippen molar-refractivity contribution >= 4 is 11.6 Å². The molecule has 0 amide bonds. The summed E-state index contributed by atoms with van der Waals surface area (Å²) in [5, 5.41) is 0.210. The fourth-order valence-electron chi connectivity index (χ4n) is 3.35. The first kappa shape index (κ1) is 16.7. The first-order valence-corrected chi connectivity index (χ1v) is 8.37. The van der Waals surface area contributed by atoms with Crippen LogP contribution in [-0.4, -0.2) is 23.5 Å². The fourth-order valence-corrected chi connectivity index (χ4v) is 3.54. The Labute approximate surface area is 132 Å². The molecule has 1 unspecified atom stereocenters. The van der Waals surface area contributed by atoms with E-state index in [1.54, 1.807) is 6.07 Å². The predicted octanol–water partition coefficient (Wildman–Crippen LogP) is 4.52. The lowest BCUT2D eigenvalue weighted by atomic mass is 9.89. The largest absolute Gasteiger partial charge is 0.328 e. The molecule has 1 atom stereocenters. The molecule has 0 heterocycles. The van der Waals surface area contributed by atoms with Gasteiger partial charge in [-0.1, -0.05) is 24.6 Å². The van der Waals surface area contributed by atoms with E-state index in [1.165, 1.54) is 6.07 Å². The van der Waals surface area contributed by atoms with Crippen molar-refractivity contribution in [3.63, 3.8) is 0 Å². The molecule has 2 rings (SSSR count). The van der Waals surface area contributed by atoms with E-state index in [0.717, 1.165) is 44.2 Å². The Bertz CT molecular complexity index is 458. The molecule has 2 nitrogen and oxygen atoms in total. The molecule has 4 heteroatoms. The number of halogens is 2. The molecule has 0 radical (unpaired) electrons. The maximum absolute atomic E-state index is 13.3. The Morgan fingerprint density at radius 1 is 1.33 bits per heavy atom. The van der Waals surface area contributed by atoms with Gasteiger partial charge < -0.3 is 5.73 Å². The van der Waals surface area contributed by atoms with Gasteiger partial charge in [0.2, 0.25) is 0 Å². The predicted molar refractivity (Wildman–Crippen MR) is 87.1 cm³/mol. The van der Waals surface area contributed by atoms with Crippen molar-refractivity contribution in [2.24, 2.45) is 5.73 Å². The topological polar surface area (TPSA) is 29.3 Å². The van der Waals surface area contributed by atoms with Gasteiger partial charge in [0, 0.05) is 18.1 Å². The van der Waals surface area contributed by atoms with Gasteiger partial charge in [0.25, 0.3) is 0 Å². The molecule has 0 aliphatic heterocycles. The number of hydrogen-bond donors (Lipinski definition) is 1. The second kappa shape index (κ2) is 7.57. The van der Waals surface area contributed by atoms with Crippen LogP contribution in [0, 0.1) is 5.82 Å². The molecular weight excluding hydrogens is 287 g/mol. The molecule has 1 fully saturated rings. The lowest BCUT2D eigenvalue weighted by Crippen LogP contribution is -2.42. The van der Waals surface area contributed by atoms with E-state index < -0.39 is 0 Å². The van der Waals surface area contributed by atoms with Crippen LogP contribution in [0.15, 0.2) is 18.2 Å². The third kappa shape index (κ3) is 4.18. The van der Waals surface area contributed by atoms with Crippen molar-refractivity contribution in [2.75, 3.05) is 6.54 Å².